The molecule has 0 spiro atoms. The van der Waals surface area contributed by atoms with Crippen LogP contribution in [0.2, 0.25) is 0 Å². The number of carbonyl (C=O) groups excluding carboxylic acids is 2. The molecular formula is C32H33FN4O3S. The molecule has 5 rings (SSSR count). The number of anilines is 2. The van der Waals surface area contributed by atoms with E-state index < -0.39 is 11.9 Å². The number of methoxy groups -OCH3 is 1. The molecule has 0 radical (unpaired) electrons. The molecule has 0 saturated heterocycles. The van der Waals surface area contributed by atoms with Crippen LogP contribution in [-0.2, 0) is 4.79 Å². The Morgan fingerprint density at radius 3 is 2.37 bits per heavy atom. The van der Waals surface area contributed by atoms with Crippen LogP contribution < -0.4 is 20.7 Å². The smallest absolute Gasteiger partial charge is 0.273 e. The molecule has 1 aromatic heterocycles. The Balaban J connectivity index is 1.64. The minimum absolute atomic E-state index is 0.0536. The number of aryl methyl sites for hydroxylation is 2. The predicted octanol–water partition coefficient (Wildman–Crippen LogP) is 6.60. The molecule has 1 aliphatic rings. The Kier molecular flexibility index (Phi) is 8.35. The normalized spacial score (nSPS) is 14.0. The van der Waals surface area contributed by atoms with E-state index in [1.54, 1.807) is 31.4 Å². The molecule has 0 aliphatic heterocycles. The third kappa shape index (κ3) is 5.95. The van der Waals surface area contributed by atoms with Crippen molar-refractivity contribution in [3.05, 3.63) is 94.1 Å². The second kappa shape index (κ2) is 12.1. The van der Waals surface area contributed by atoms with Crippen LogP contribution in [-0.4, -0.2) is 29.3 Å². The van der Waals surface area contributed by atoms with E-state index in [0.717, 1.165) is 48.3 Å². The molecule has 2 amide bonds. The number of rotatable bonds is 8. The monoisotopic (exact) mass is 572 g/mol. The van der Waals surface area contributed by atoms with E-state index in [-0.39, 0.29) is 28.3 Å². The van der Waals surface area contributed by atoms with Gasteiger partial charge in [0.15, 0.2) is 0 Å². The molecule has 1 saturated carbocycles. The lowest BCUT2D eigenvalue weighted by molar-refractivity contribution is -0.123. The fourth-order valence-electron chi connectivity index (χ4n) is 5.37. The van der Waals surface area contributed by atoms with Crippen molar-refractivity contribution >= 4 is 34.7 Å². The van der Waals surface area contributed by atoms with Crippen LogP contribution in [0.1, 0.15) is 58.1 Å². The summed E-state index contributed by atoms with van der Waals surface area (Å²) in [6, 6.07) is 17.8. The van der Waals surface area contributed by atoms with Gasteiger partial charge < -0.3 is 15.8 Å². The average Bonchev–Trinajstić information content (AvgIpc) is 3.62. The zero-order valence-corrected chi connectivity index (χ0v) is 24.1. The number of hydrogen-bond acceptors (Lipinski definition) is 6. The van der Waals surface area contributed by atoms with Crippen LogP contribution in [0, 0.1) is 19.7 Å². The minimum Gasteiger partial charge on any atom is -0.497 e. The topological polar surface area (TPSA) is 97.5 Å². The molecule has 3 aromatic carbocycles. The molecule has 3 N–H and O–H groups in total. The highest BCUT2D eigenvalue weighted by molar-refractivity contribution is 7.09. The highest BCUT2D eigenvalue weighted by atomic mass is 32.1. The number of nitrogens with two attached hydrogens (primary N) is 1. The molecule has 7 nitrogen and oxygen atoms in total. The van der Waals surface area contributed by atoms with E-state index in [0.29, 0.717) is 28.3 Å². The molecule has 1 fully saturated rings. The van der Waals surface area contributed by atoms with Gasteiger partial charge in [-0.25, -0.2) is 4.39 Å². The first-order chi connectivity index (χ1) is 19.8. The zero-order valence-electron chi connectivity index (χ0n) is 23.3. The number of nitrogens with zero attached hydrogens (tertiary/aromatic N) is 2. The molecule has 9 heteroatoms. The van der Waals surface area contributed by atoms with Crippen LogP contribution >= 0.6 is 11.5 Å². The quantitative estimate of drug-likeness (QED) is 0.248. The molecule has 1 unspecified atom stereocenters. The van der Waals surface area contributed by atoms with E-state index in [4.69, 9.17) is 10.5 Å². The van der Waals surface area contributed by atoms with Crippen LogP contribution in [0.25, 0.3) is 11.3 Å². The number of aromatic nitrogens is 1. The molecule has 4 aromatic rings. The summed E-state index contributed by atoms with van der Waals surface area (Å²) in [7, 11) is 1.58. The van der Waals surface area contributed by atoms with Crippen molar-refractivity contribution in [1.82, 2.24) is 9.69 Å². The lowest BCUT2D eigenvalue weighted by atomic mass is 10.00. The number of nitrogen functional groups attached to an aromatic ring is 1. The Morgan fingerprint density at radius 1 is 1.05 bits per heavy atom. The second-order valence-corrected chi connectivity index (χ2v) is 11.2. The van der Waals surface area contributed by atoms with E-state index in [1.807, 2.05) is 44.2 Å². The van der Waals surface area contributed by atoms with Gasteiger partial charge in [0.05, 0.1) is 12.8 Å². The van der Waals surface area contributed by atoms with Gasteiger partial charge in [0, 0.05) is 17.3 Å². The minimum atomic E-state index is -0.980. The van der Waals surface area contributed by atoms with Gasteiger partial charge in [0.1, 0.15) is 28.2 Å². The van der Waals surface area contributed by atoms with Gasteiger partial charge in [-0.05, 0) is 91.8 Å². The summed E-state index contributed by atoms with van der Waals surface area (Å²) in [5.74, 6) is -0.445. The van der Waals surface area contributed by atoms with Crippen molar-refractivity contribution in [3.63, 3.8) is 0 Å². The van der Waals surface area contributed by atoms with Crippen LogP contribution in [0.3, 0.4) is 0 Å². The van der Waals surface area contributed by atoms with Crippen molar-refractivity contribution in [3.8, 4) is 17.0 Å². The van der Waals surface area contributed by atoms with Gasteiger partial charge in [-0.1, -0.05) is 42.7 Å². The molecule has 41 heavy (non-hydrogen) atoms. The van der Waals surface area contributed by atoms with Gasteiger partial charge >= 0.3 is 0 Å². The molecule has 0 bridgehead atoms. The number of nitrogens with one attached hydrogen (secondary N) is 1. The van der Waals surface area contributed by atoms with E-state index in [1.165, 1.54) is 17.0 Å². The standard InChI is InChI=1S/C32H33FN4O3S/c1-19-8-17-26(20(2)18-19)37(32(39)30-27(34)28(36-41-30)21-9-13-23(33)14-10-21)29(22-11-15-25(40-3)16-12-22)31(38)35-24-6-4-5-7-24/h8-18,24,29H,4-7,34H2,1-3H3,(H,35,38). The SMILES string of the molecule is COc1ccc(C(C(=O)NC2CCCC2)N(C(=O)c2snc(-c3ccc(F)cc3)c2N)c2ccc(C)cc2C)cc1. The third-order valence-electron chi connectivity index (χ3n) is 7.51. The molecule has 212 valence electrons. The number of halogens is 1. The summed E-state index contributed by atoms with van der Waals surface area (Å²) in [6.07, 6.45) is 3.92. The predicted molar refractivity (Wildman–Crippen MR) is 161 cm³/mol. The zero-order chi connectivity index (χ0) is 29.1. The number of amides is 2. The van der Waals surface area contributed by atoms with E-state index in [9.17, 15) is 14.0 Å². The van der Waals surface area contributed by atoms with Crippen LogP contribution in [0.4, 0.5) is 15.8 Å². The first kappa shape index (κ1) is 28.3. The first-order valence-electron chi connectivity index (χ1n) is 13.6. The number of hydrogen-bond donors (Lipinski definition) is 2. The van der Waals surface area contributed by atoms with Crippen molar-refractivity contribution in [2.24, 2.45) is 0 Å². The van der Waals surface area contributed by atoms with Crippen molar-refractivity contribution in [1.29, 1.82) is 0 Å². The summed E-state index contributed by atoms with van der Waals surface area (Å²) < 4.78 is 23.4. The van der Waals surface area contributed by atoms with Gasteiger partial charge in [0.2, 0.25) is 5.91 Å². The Labute approximate surface area is 243 Å². The van der Waals surface area contributed by atoms with Gasteiger partial charge in [-0.15, -0.1) is 0 Å². The second-order valence-electron chi connectivity index (χ2n) is 10.4. The number of carbonyl (C=O) groups is 2. The number of benzene rings is 3. The van der Waals surface area contributed by atoms with E-state index in [2.05, 4.69) is 9.69 Å². The van der Waals surface area contributed by atoms with Crippen LogP contribution in [0.5, 0.6) is 5.75 Å². The van der Waals surface area contributed by atoms with Gasteiger partial charge in [-0.2, -0.15) is 4.37 Å². The largest absolute Gasteiger partial charge is 0.497 e. The Morgan fingerprint density at radius 2 is 1.73 bits per heavy atom. The maximum absolute atomic E-state index is 14.5. The fraction of sp³-hybridized carbons (Fsp3) is 0.281. The molecule has 1 atom stereocenters. The van der Waals surface area contributed by atoms with E-state index >= 15 is 0 Å². The lowest BCUT2D eigenvalue weighted by Gasteiger charge is -2.33. The first-order valence-corrected chi connectivity index (χ1v) is 14.4. The highest BCUT2D eigenvalue weighted by Gasteiger charge is 2.37. The summed E-state index contributed by atoms with van der Waals surface area (Å²) >= 11 is 0.967. The summed E-state index contributed by atoms with van der Waals surface area (Å²) in [5, 5.41) is 3.20. The maximum Gasteiger partial charge on any atom is 0.273 e. The maximum atomic E-state index is 14.5. The molecule has 1 heterocycles. The third-order valence-corrected chi connectivity index (χ3v) is 8.36. The van der Waals surface area contributed by atoms with Gasteiger partial charge in [-0.3, -0.25) is 14.5 Å². The molecular weight excluding hydrogens is 539 g/mol. The van der Waals surface area contributed by atoms with Crippen molar-refractivity contribution < 1.29 is 18.7 Å². The Hall–Kier alpha value is -4.24. The fourth-order valence-corrected chi connectivity index (χ4v) is 6.13. The average molecular weight is 573 g/mol. The molecule has 1 aliphatic carbocycles. The van der Waals surface area contributed by atoms with Gasteiger partial charge in [0.25, 0.3) is 5.91 Å². The van der Waals surface area contributed by atoms with Crippen LogP contribution in [0.15, 0.2) is 66.7 Å². The van der Waals surface area contributed by atoms with Crippen molar-refractivity contribution in [2.45, 2.75) is 51.6 Å². The Bertz CT molecular complexity index is 1550. The summed E-state index contributed by atoms with van der Waals surface area (Å²) in [4.78, 5) is 30.4. The lowest BCUT2D eigenvalue weighted by Crippen LogP contribution is -2.46. The number of ether oxygens (including phenoxy) is 1. The summed E-state index contributed by atoms with van der Waals surface area (Å²) in [5.41, 5.74) is 10.8. The van der Waals surface area contributed by atoms with Crippen molar-refractivity contribution in [2.75, 3.05) is 17.7 Å². The summed E-state index contributed by atoms with van der Waals surface area (Å²) in [6.45, 7) is 3.90. The highest BCUT2D eigenvalue weighted by Crippen LogP contribution is 2.38.